The zero-order chi connectivity index (χ0) is 80.4. The van der Waals surface area contributed by atoms with Crippen molar-refractivity contribution in [3.05, 3.63) is 242 Å². The van der Waals surface area contributed by atoms with Crippen LogP contribution < -0.4 is 33.3 Å². The third-order valence-corrected chi connectivity index (χ3v) is 14.8. The fraction of sp³-hybridized carbons (Fsp3) is 0.205. The van der Waals surface area contributed by atoms with Crippen molar-refractivity contribution in [3.8, 4) is 0 Å². The van der Waals surface area contributed by atoms with Gasteiger partial charge >= 0.3 is 39.4 Å². The number of hydrogen-bond donors (Lipinski definition) is 13. The molecule has 0 aliphatic carbocycles. The largest absolute Gasteiger partial charge is 2.00 e. The Kier molecular flexibility index (Phi) is 38.4. The standard InChI is InChI=1S/C17H18N4O2.C16H14N4O2.C9H7N3O3.C9H9N3O.C9H8N2O.C7H7NO2.C4H8O.CH4.CH3.BrH.Mg.HNO3.H2O4S/c1-10-5-4-6-13(19-10)16(22)20-15-7-11-9-18-21-14(11)8-12(15)17(2,3)23;1-9-4-3-5-13(18-9)16(22)19-15-6-11-8-17-20-14(11)7-12(15)10(2)21;1-5(13)7-3-8-6(4-10-11-8)2-9(7)12(14)15;1-5(13)7-3-9-6(2-8(7)10)4-11-12-9;1-6(12)7-2-3-8-5-10-11-9(8)4-7;1-5-3-2-4-6(8-5)7(9)10;1-2-4-5-3-1;;;;;2-1(3)4;1-5(2,3)4/h4-9,23H,1-3H3,(H,18,21)(H,20,22);3-8H,1-2H3,(H,17,20)(H,19,22);2-4H,1H3,(H,10,11);2-4H,10H2,1H3,(H,11,12);2-5H,1H3,(H,10,11);2-4H,1H3,(H,9,10);1-4H2;1H4;1H3;1H;;(H,2,3,4);(H2,1,2,3,4)/q;;;;;;;;-1;;+2;;/p-1. The van der Waals surface area contributed by atoms with E-state index in [1.54, 1.807) is 131 Å². The number of halogens is 1. The summed E-state index contributed by atoms with van der Waals surface area (Å²) in [6.45, 7) is 16.5. The number of Topliss-reactive ketones (excluding diaryl/α,β-unsaturated/α-hetero) is 4. The topological polar surface area (TPSA) is 582 Å². The number of hydrogen-bond acceptors (Lipinski definition) is 24. The molecule has 8 aromatic heterocycles. The molecule has 1 fully saturated rings. The van der Waals surface area contributed by atoms with Gasteiger partial charge in [-0.1, -0.05) is 37.8 Å². The molecule has 113 heavy (non-hydrogen) atoms. The van der Waals surface area contributed by atoms with Crippen molar-refractivity contribution < 1.29 is 98.2 Å². The molecule has 2 amide bonds. The molecular formula is C73H81BrMgN18O19S. The van der Waals surface area contributed by atoms with Crippen molar-refractivity contribution in [1.29, 1.82) is 0 Å². The number of fused-ring (bicyclic) bond motifs is 5. The number of nitrogens with one attached hydrogen (secondary N) is 7. The number of carbonyl (C=O) groups is 7. The number of nitrogen functional groups attached to an aromatic ring is 1. The van der Waals surface area contributed by atoms with E-state index in [2.05, 4.69) is 76.6 Å². The van der Waals surface area contributed by atoms with E-state index in [0.717, 1.165) is 73.9 Å². The molecule has 0 spiro atoms. The number of anilines is 3. The van der Waals surface area contributed by atoms with E-state index in [9.17, 15) is 48.8 Å². The van der Waals surface area contributed by atoms with Crippen LogP contribution in [-0.4, -0.2) is 186 Å². The van der Waals surface area contributed by atoms with Crippen LogP contribution in [0, 0.1) is 48.4 Å². The molecule has 1 aliphatic rings. The number of ether oxygens (including phenoxy) is 1. The van der Waals surface area contributed by atoms with Crippen molar-refractivity contribution in [2.75, 3.05) is 29.6 Å². The molecule has 0 unspecified atom stereocenters. The minimum Gasteiger partial charge on any atom is -1.00 e. The first-order valence-electron chi connectivity index (χ1n) is 32.1. The molecule has 37 nitrogen and oxygen atoms in total. The van der Waals surface area contributed by atoms with Crippen molar-refractivity contribution >= 4 is 152 Å². The van der Waals surface area contributed by atoms with Gasteiger partial charge in [-0.05, 0) is 160 Å². The minimum absolute atomic E-state index is 0. The average molecular weight is 1650 g/mol. The summed E-state index contributed by atoms with van der Waals surface area (Å²) in [5, 5.41) is 86.3. The van der Waals surface area contributed by atoms with Crippen molar-refractivity contribution in [2.45, 2.75) is 88.2 Å². The van der Waals surface area contributed by atoms with Gasteiger partial charge in [0.05, 0.1) is 80.3 Å². The Balaban J connectivity index is 0.000000449. The first-order chi connectivity index (χ1) is 51.4. The molecule has 1 aliphatic heterocycles. The number of carboxylic acid groups (broad SMARTS) is 1. The van der Waals surface area contributed by atoms with E-state index in [0.29, 0.717) is 61.6 Å². The first-order valence-corrected chi connectivity index (χ1v) is 33.5. The number of rotatable bonds is 11. The summed E-state index contributed by atoms with van der Waals surface area (Å²) >= 11 is 0. The van der Waals surface area contributed by atoms with E-state index in [4.69, 9.17) is 48.4 Å². The summed E-state index contributed by atoms with van der Waals surface area (Å²) < 4.78 is 36.5. The Bertz CT molecular complexity index is 5510. The number of nitro benzene ring substituents is 1. The number of aromatic carboxylic acids is 1. The van der Waals surface area contributed by atoms with E-state index in [1.165, 1.54) is 58.0 Å². The zero-order valence-electron chi connectivity index (χ0n) is 61.8. The summed E-state index contributed by atoms with van der Waals surface area (Å²) in [6, 6.07) is 34.1. The Hall–Kier alpha value is -12.6. The summed E-state index contributed by atoms with van der Waals surface area (Å²) in [6.07, 6.45) is 10.8. The SMILES string of the molecule is C.C1CCOC1.CC(=O)c1cc2[nH]ncc2cc1N.CC(=O)c1cc2[nH]ncc2cc1NC(=O)c1cccc(C)n1.CC(=O)c1cc2[nH]ncc2cc1[N+](=O)[O-].CC(=O)c1ccc2cn[nH]c2c1.Cc1cccc(C(=O)Nc2cc3cn[nH]c3cc2C(C)(C)O)n1.Cc1cccc(C(=O)O)n1.O=S(=O)(O)O.O=[N+]([O-])O.[Br-].[CH3-].[Mg+2]. The summed E-state index contributed by atoms with van der Waals surface area (Å²) in [7, 11) is -4.67. The van der Waals surface area contributed by atoms with Gasteiger partial charge in [0.1, 0.15) is 17.1 Å². The Morgan fingerprint density at radius 3 is 1.26 bits per heavy atom. The van der Waals surface area contributed by atoms with Crippen LogP contribution in [0.15, 0.2) is 152 Å². The van der Waals surface area contributed by atoms with Crippen molar-refractivity contribution in [1.82, 2.24) is 65.9 Å². The number of carbonyl (C=O) groups excluding carboxylic acids is 6. The number of aryl methyl sites for hydroxylation is 3. The van der Waals surface area contributed by atoms with Gasteiger partial charge in [-0.3, -0.25) is 73.5 Å². The van der Waals surface area contributed by atoms with Gasteiger partial charge in [-0.2, -0.15) is 33.9 Å². The summed E-state index contributed by atoms with van der Waals surface area (Å²) in [5.74, 6) is -2.08. The molecule has 13 aromatic rings. The van der Waals surface area contributed by atoms with Crippen LogP contribution in [0.3, 0.4) is 0 Å². The van der Waals surface area contributed by atoms with Crippen LogP contribution in [0.25, 0.3) is 54.5 Å². The van der Waals surface area contributed by atoms with E-state index < -0.39 is 32.0 Å². The van der Waals surface area contributed by atoms with Crippen LogP contribution in [-0.2, 0) is 20.7 Å². The number of nitrogens with zero attached hydrogens (tertiary/aromatic N) is 10. The van der Waals surface area contributed by atoms with Gasteiger partial charge in [0, 0.05) is 96.9 Å². The van der Waals surface area contributed by atoms with Crippen molar-refractivity contribution in [2.24, 2.45) is 0 Å². The monoisotopic (exact) mass is 1650 g/mol. The number of benzene rings is 5. The first kappa shape index (κ1) is 96.5. The molecule has 0 saturated carbocycles. The second-order valence-corrected chi connectivity index (χ2v) is 24.8. The van der Waals surface area contributed by atoms with E-state index in [-0.39, 0.29) is 107 Å². The maximum atomic E-state index is 12.4. The second kappa shape index (κ2) is 44.9. The number of H-pyrrole nitrogens is 5. The maximum absolute atomic E-state index is 12.4. The molecule has 14 rings (SSSR count). The van der Waals surface area contributed by atoms with Crippen LogP contribution in [0.5, 0.6) is 0 Å². The molecule has 40 heteroatoms. The van der Waals surface area contributed by atoms with Crippen LogP contribution >= 0.6 is 0 Å². The third-order valence-electron chi connectivity index (χ3n) is 14.8. The average Bonchev–Trinajstić information content (AvgIpc) is 1.79. The molecular weight excluding hydrogens is 1570 g/mol. The third kappa shape index (κ3) is 30.7. The fourth-order valence-electron chi connectivity index (χ4n) is 9.75. The van der Waals surface area contributed by atoms with Gasteiger partial charge in [0.2, 0.25) is 0 Å². The number of aromatic amines is 5. The zero-order valence-corrected chi connectivity index (χ0v) is 65.6. The van der Waals surface area contributed by atoms with Gasteiger partial charge in [-0.15, -0.1) is 10.1 Å². The van der Waals surface area contributed by atoms with Crippen molar-refractivity contribution in [3.63, 3.8) is 0 Å². The van der Waals surface area contributed by atoms with Gasteiger partial charge < -0.3 is 60.9 Å². The number of aromatic nitrogens is 13. The van der Waals surface area contributed by atoms with Gasteiger partial charge in [0.25, 0.3) is 22.6 Å². The van der Waals surface area contributed by atoms with E-state index >= 15 is 0 Å². The number of ketones is 4. The summed E-state index contributed by atoms with van der Waals surface area (Å²) in [4.78, 5) is 111. The molecule has 14 N–H and O–H groups in total. The predicted octanol–water partition coefficient (Wildman–Crippen LogP) is 8.85. The van der Waals surface area contributed by atoms with Gasteiger partial charge in [0.15, 0.2) is 23.1 Å². The number of carboxylic acids is 1. The van der Waals surface area contributed by atoms with Crippen LogP contribution in [0.4, 0.5) is 22.7 Å². The number of nitrogens with two attached hydrogens (primary N) is 1. The van der Waals surface area contributed by atoms with Crippen LogP contribution in [0.1, 0.15) is 157 Å². The molecule has 0 atom stereocenters. The normalized spacial score (nSPS) is 10.8. The summed E-state index contributed by atoms with van der Waals surface area (Å²) in [5.41, 5.74) is 15.2. The molecule has 9 heterocycles. The smallest absolute Gasteiger partial charge is 1.00 e. The van der Waals surface area contributed by atoms with E-state index in [1.807, 2.05) is 38.1 Å². The maximum Gasteiger partial charge on any atom is 2.00 e. The second-order valence-electron chi connectivity index (χ2n) is 23.9. The molecule has 5 aromatic carbocycles. The molecule has 1 saturated heterocycles. The molecule has 0 radical (unpaired) electrons. The predicted molar refractivity (Wildman–Crippen MR) is 418 cm³/mol. The number of amides is 2. The Labute approximate surface area is 671 Å². The quantitative estimate of drug-likeness (QED) is 0.0109. The molecule has 592 valence electrons. The van der Waals surface area contributed by atoms with Crippen LogP contribution in [0.2, 0.25) is 0 Å². The fourth-order valence-corrected chi connectivity index (χ4v) is 9.75. The number of nitro groups is 1. The Morgan fingerprint density at radius 1 is 0.531 bits per heavy atom. The number of aliphatic hydroxyl groups is 1. The number of pyridine rings is 3. The minimum atomic E-state index is -4.67. The van der Waals surface area contributed by atoms with Gasteiger partial charge in [-0.25, -0.2) is 19.7 Å². The molecule has 0 bridgehead atoms. The Morgan fingerprint density at radius 2 is 0.885 bits per heavy atom.